The third-order valence-corrected chi connectivity index (χ3v) is 6.78. The van der Waals surface area contributed by atoms with Crippen LogP contribution in [0.3, 0.4) is 0 Å². The Labute approximate surface area is 243 Å². The Morgan fingerprint density at radius 2 is 1.74 bits per heavy atom. The predicted octanol–water partition coefficient (Wildman–Crippen LogP) is 0.0235. The molecule has 1 aromatic heterocycles. The van der Waals surface area contributed by atoms with E-state index >= 15 is 0 Å². The molecule has 5 amide bonds. The van der Waals surface area contributed by atoms with Crippen LogP contribution >= 0.6 is 0 Å². The Morgan fingerprint density at radius 3 is 2.38 bits per heavy atom. The Kier molecular flexibility index (Phi) is 11.9. The molecule has 0 saturated carbocycles. The van der Waals surface area contributed by atoms with Crippen LogP contribution in [0, 0.1) is 11.7 Å². The van der Waals surface area contributed by atoms with Crippen LogP contribution in [0.15, 0.2) is 48.7 Å². The zero-order valence-corrected chi connectivity index (χ0v) is 23.6. The Bertz CT molecular complexity index is 1240. The lowest BCUT2D eigenvalue weighted by atomic mass is 10.0. The van der Waals surface area contributed by atoms with E-state index in [1.165, 1.54) is 24.3 Å². The van der Waals surface area contributed by atoms with E-state index in [0.717, 1.165) is 5.69 Å². The van der Waals surface area contributed by atoms with Crippen LogP contribution in [0.1, 0.15) is 50.4 Å². The Morgan fingerprint density at radius 1 is 1.00 bits per heavy atom. The van der Waals surface area contributed by atoms with Gasteiger partial charge in [-0.1, -0.05) is 32.0 Å². The minimum atomic E-state index is -1.38. The van der Waals surface area contributed by atoms with Crippen molar-refractivity contribution in [3.63, 3.8) is 0 Å². The van der Waals surface area contributed by atoms with Crippen molar-refractivity contribution in [3.8, 4) is 0 Å². The summed E-state index contributed by atoms with van der Waals surface area (Å²) in [4.78, 5) is 69.4. The molecule has 4 atom stereocenters. The van der Waals surface area contributed by atoms with Gasteiger partial charge in [0, 0.05) is 31.3 Å². The summed E-state index contributed by atoms with van der Waals surface area (Å²) in [5, 5.41) is 23.0. The molecule has 2 aromatic rings. The molecule has 12 nitrogen and oxygen atoms in total. The first-order chi connectivity index (χ1) is 20.1. The second kappa shape index (κ2) is 15.6. The van der Waals surface area contributed by atoms with Crippen molar-refractivity contribution in [2.24, 2.45) is 5.92 Å². The first-order valence-corrected chi connectivity index (χ1v) is 13.8. The molecule has 226 valence electrons. The number of halogens is 1. The molecule has 0 bridgehead atoms. The van der Waals surface area contributed by atoms with Crippen LogP contribution in [0.25, 0.3) is 0 Å². The average molecular weight is 585 g/mol. The minimum absolute atomic E-state index is 0.0632. The summed E-state index contributed by atoms with van der Waals surface area (Å²) in [5.74, 6) is -4.03. The number of pyridine rings is 1. The van der Waals surface area contributed by atoms with Crippen molar-refractivity contribution in [1.82, 2.24) is 31.6 Å². The van der Waals surface area contributed by atoms with Gasteiger partial charge < -0.3 is 31.7 Å². The molecule has 0 radical (unpaired) electrons. The highest BCUT2D eigenvalue weighted by atomic mass is 19.1. The molecule has 1 aromatic carbocycles. The normalized spacial score (nSPS) is 22.6. The second-order valence-corrected chi connectivity index (χ2v) is 10.4. The van der Waals surface area contributed by atoms with Crippen molar-refractivity contribution in [2.75, 3.05) is 13.2 Å². The van der Waals surface area contributed by atoms with E-state index in [0.29, 0.717) is 12.0 Å². The number of hydrogen-bond acceptors (Lipinski definition) is 7. The fourth-order valence-electron chi connectivity index (χ4n) is 4.42. The summed E-state index contributed by atoms with van der Waals surface area (Å²) in [5.41, 5.74) is 1.15. The fraction of sp³-hybridized carbons (Fsp3) is 0.448. The van der Waals surface area contributed by atoms with Gasteiger partial charge in [-0.05, 0) is 42.2 Å². The van der Waals surface area contributed by atoms with E-state index < -0.39 is 66.1 Å². The maximum Gasteiger partial charge on any atom is 0.245 e. The van der Waals surface area contributed by atoms with Gasteiger partial charge in [0.15, 0.2) is 0 Å². The number of benzene rings is 1. The Hall–Kier alpha value is -4.39. The maximum absolute atomic E-state index is 13.6. The van der Waals surface area contributed by atoms with Crippen molar-refractivity contribution in [1.29, 1.82) is 0 Å². The summed E-state index contributed by atoms with van der Waals surface area (Å²) < 4.78 is 13.6. The molecule has 6 N–H and O–H groups in total. The molecule has 1 fully saturated rings. The number of aliphatic hydroxyl groups is 1. The van der Waals surface area contributed by atoms with Gasteiger partial charge in [0.2, 0.25) is 29.5 Å². The highest BCUT2D eigenvalue weighted by molar-refractivity contribution is 5.93. The highest BCUT2D eigenvalue weighted by Crippen LogP contribution is 2.18. The third kappa shape index (κ3) is 9.61. The highest BCUT2D eigenvalue weighted by Gasteiger charge is 2.32. The molecule has 0 spiro atoms. The quantitative estimate of drug-likeness (QED) is 0.266. The number of aromatic nitrogens is 1. The van der Waals surface area contributed by atoms with E-state index in [-0.39, 0.29) is 31.7 Å². The molecule has 0 unspecified atom stereocenters. The number of amides is 5. The van der Waals surface area contributed by atoms with Crippen LogP contribution in [0.2, 0.25) is 0 Å². The van der Waals surface area contributed by atoms with E-state index in [9.17, 15) is 33.5 Å². The van der Waals surface area contributed by atoms with Crippen molar-refractivity contribution in [2.45, 2.75) is 63.7 Å². The van der Waals surface area contributed by atoms with E-state index in [1.54, 1.807) is 26.1 Å². The topological polar surface area (TPSA) is 179 Å². The lowest BCUT2D eigenvalue weighted by Gasteiger charge is -2.26. The first-order valence-electron chi connectivity index (χ1n) is 13.8. The van der Waals surface area contributed by atoms with Gasteiger partial charge >= 0.3 is 0 Å². The van der Waals surface area contributed by atoms with Crippen molar-refractivity contribution >= 4 is 29.5 Å². The summed E-state index contributed by atoms with van der Waals surface area (Å²) in [6.07, 6.45) is 1.49. The van der Waals surface area contributed by atoms with Gasteiger partial charge in [-0.2, -0.15) is 0 Å². The van der Waals surface area contributed by atoms with Gasteiger partial charge in [0.1, 0.15) is 23.9 Å². The smallest absolute Gasteiger partial charge is 0.245 e. The maximum atomic E-state index is 13.6. The second-order valence-electron chi connectivity index (χ2n) is 10.4. The number of rotatable bonds is 7. The first kappa shape index (κ1) is 32.1. The molecule has 0 aliphatic carbocycles. The van der Waals surface area contributed by atoms with E-state index in [1.807, 2.05) is 12.1 Å². The predicted molar refractivity (Wildman–Crippen MR) is 150 cm³/mol. The fourth-order valence-corrected chi connectivity index (χ4v) is 4.42. The van der Waals surface area contributed by atoms with Crippen LogP contribution in [-0.2, 0) is 30.4 Å². The zero-order valence-electron chi connectivity index (χ0n) is 23.6. The molecule has 3 rings (SSSR count). The van der Waals surface area contributed by atoms with Gasteiger partial charge in [0.25, 0.3) is 0 Å². The molecule has 1 aliphatic heterocycles. The van der Waals surface area contributed by atoms with Crippen LogP contribution < -0.4 is 26.6 Å². The largest absolute Gasteiger partial charge is 0.394 e. The van der Waals surface area contributed by atoms with Gasteiger partial charge in [-0.15, -0.1) is 0 Å². The number of carbonyl (C=O) groups excluding carboxylic acids is 5. The summed E-state index contributed by atoms with van der Waals surface area (Å²) in [6, 6.07) is 6.05. The number of nitrogens with one attached hydrogen (secondary N) is 5. The lowest BCUT2D eigenvalue weighted by Crippen LogP contribution is -2.56. The molecular formula is C29H37FN6O6. The summed E-state index contributed by atoms with van der Waals surface area (Å²) in [7, 11) is 0. The Balaban J connectivity index is 1.86. The third-order valence-electron chi connectivity index (χ3n) is 6.78. The van der Waals surface area contributed by atoms with Crippen LogP contribution in [0.4, 0.5) is 4.39 Å². The standard InChI is InChI=1S/C29H37FN6O6/c1-17(2)26-29(42)35-23(16-37)28(41)34-22(18-6-8-19(30)9-7-18)15-25(39)33-21(10-11-24(38)36-26)27(40)32-14-12-20-5-3-4-13-31-20/h3-9,13,17,21-23,26,37H,10-12,14-16H2,1-2H3,(H,32,40)(H,33,39)(H,34,41)(H,35,42)(H,36,38)/t21-,22+,23-,26+/m0/s1. The molecule has 42 heavy (non-hydrogen) atoms. The van der Waals surface area contributed by atoms with Gasteiger partial charge in [-0.3, -0.25) is 29.0 Å². The van der Waals surface area contributed by atoms with Crippen LogP contribution in [0.5, 0.6) is 0 Å². The number of nitrogens with zero attached hydrogens (tertiary/aromatic N) is 1. The van der Waals surface area contributed by atoms with Gasteiger partial charge in [0.05, 0.1) is 19.1 Å². The number of hydrogen-bond donors (Lipinski definition) is 6. The average Bonchev–Trinajstić information content (AvgIpc) is 2.96. The monoisotopic (exact) mass is 584 g/mol. The molecule has 13 heteroatoms. The lowest BCUT2D eigenvalue weighted by molar-refractivity contribution is -0.134. The zero-order chi connectivity index (χ0) is 30.6. The number of aliphatic hydroxyl groups excluding tert-OH is 1. The molecule has 2 heterocycles. The number of carbonyl (C=O) groups is 5. The SMILES string of the molecule is CC(C)[C@H]1NC(=O)CC[C@@H](C(=O)NCCc2ccccn2)NC(=O)C[C@H](c2ccc(F)cc2)NC(=O)[C@H](CO)NC1=O. The van der Waals surface area contributed by atoms with Gasteiger partial charge in [-0.25, -0.2) is 4.39 Å². The van der Waals surface area contributed by atoms with Crippen LogP contribution in [-0.4, -0.2) is 70.9 Å². The summed E-state index contributed by atoms with van der Waals surface area (Å²) >= 11 is 0. The summed E-state index contributed by atoms with van der Waals surface area (Å²) in [6.45, 7) is 2.89. The molecule has 1 aliphatic rings. The van der Waals surface area contributed by atoms with Crippen molar-refractivity contribution < 1.29 is 33.5 Å². The molecular weight excluding hydrogens is 547 g/mol. The van der Waals surface area contributed by atoms with E-state index in [2.05, 4.69) is 31.6 Å². The van der Waals surface area contributed by atoms with E-state index in [4.69, 9.17) is 0 Å². The molecule has 1 saturated heterocycles. The minimum Gasteiger partial charge on any atom is -0.394 e. The van der Waals surface area contributed by atoms with Crippen molar-refractivity contribution in [3.05, 3.63) is 65.7 Å².